The lowest BCUT2D eigenvalue weighted by Crippen LogP contribution is -2.55. The quantitative estimate of drug-likeness (QED) is 0.682. The van der Waals surface area contributed by atoms with E-state index in [9.17, 15) is 14.4 Å². The molecule has 0 spiro atoms. The molecule has 3 amide bonds. The number of carbonyl (C=O) groups is 3. The topological polar surface area (TPSA) is 87.7 Å². The van der Waals surface area contributed by atoms with E-state index in [0.29, 0.717) is 37.2 Å². The van der Waals surface area contributed by atoms with Gasteiger partial charge in [0.1, 0.15) is 11.8 Å². The van der Waals surface area contributed by atoms with Crippen LogP contribution < -0.4 is 15.4 Å². The molecule has 1 heterocycles. The van der Waals surface area contributed by atoms with Crippen molar-refractivity contribution in [3.05, 3.63) is 29.8 Å². The fraction of sp³-hybridized carbons (Fsp3) is 0.609. The van der Waals surface area contributed by atoms with Crippen LogP contribution in [0.1, 0.15) is 56.3 Å². The van der Waals surface area contributed by atoms with Crippen LogP contribution in [-0.4, -0.2) is 54.9 Å². The number of piperidine rings is 1. The Morgan fingerprint density at radius 3 is 2.43 bits per heavy atom. The van der Waals surface area contributed by atoms with Gasteiger partial charge in [-0.1, -0.05) is 13.0 Å². The van der Waals surface area contributed by atoms with Gasteiger partial charge in [-0.2, -0.15) is 0 Å². The van der Waals surface area contributed by atoms with Crippen LogP contribution in [0.2, 0.25) is 0 Å². The molecule has 1 saturated heterocycles. The predicted molar refractivity (Wildman–Crippen MR) is 114 cm³/mol. The van der Waals surface area contributed by atoms with Crippen molar-refractivity contribution < 1.29 is 19.1 Å². The van der Waals surface area contributed by atoms with E-state index in [4.69, 9.17) is 4.74 Å². The van der Waals surface area contributed by atoms with Gasteiger partial charge < -0.3 is 20.3 Å². The second-order valence-electron chi connectivity index (χ2n) is 8.44. The number of methoxy groups -OCH3 is 1. The third-order valence-corrected chi connectivity index (χ3v) is 6.15. The van der Waals surface area contributed by atoms with Crippen LogP contribution >= 0.6 is 0 Å². The van der Waals surface area contributed by atoms with Gasteiger partial charge in [-0.15, -0.1) is 0 Å². The summed E-state index contributed by atoms with van der Waals surface area (Å²) >= 11 is 0. The molecule has 2 atom stereocenters. The molecular weight excluding hydrogens is 382 g/mol. The van der Waals surface area contributed by atoms with E-state index < -0.39 is 6.04 Å². The number of rotatable bonds is 8. The van der Waals surface area contributed by atoms with Gasteiger partial charge in [0.15, 0.2) is 0 Å². The maximum absolute atomic E-state index is 13.0. The van der Waals surface area contributed by atoms with Crippen molar-refractivity contribution in [2.45, 2.75) is 58.0 Å². The Hall–Kier alpha value is -2.57. The molecule has 7 nitrogen and oxygen atoms in total. The Kier molecular flexibility index (Phi) is 7.34. The minimum atomic E-state index is -0.629. The Balaban J connectivity index is 1.69. The van der Waals surface area contributed by atoms with Crippen molar-refractivity contribution in [1.29, 1.82) is 0 Å². The van der Waals surface area contributed by atoms with Crippen LogP contribution in [0.4, 0.5) is 0 Å². The molecule has 0 radical (unpaired) electrons. The number of benzene rings is 1. The number of carbonyl (C=O) groups excluding carboxylic acids is 3. The largest absolute Gasteiger partial charge is 0.497 e. The molecule has 1 aliphatic carbocycles. The predicted octanol–water partition coefficient (Wildman–Crippen LogP) is 2.36. The summed E-state index contributed by atoms with van der Waals surface area (Å²) in [7, 11) is 1.55. The summed E-state index contributed by atoms with van der Waals surface area (Å²) in [4.78, 5) is 40.2. The van der Waals surface area contributed by atoms with E-state index >= 15 is 0 Å². The first kappa shape index (κ1) is 22.1. The standard InChI is InChI=1S/C23H33N3O4/c1-4-15(2)24-22(28)20(25-21(27)18-6-5-7-19(14-18)30-3)16-10-12-26(13-11-16)23(29)17-8-9-17/h5-7,14-17,20H,4,8-13H2,1-3H3,(H,24,28)(H,25,27)/t15-,20+/m1/s1. The van der Waals surface area contributed by atoms with Crippen LogP contribution in [0.5, 0.6) is 5.75 Å². The lowest BCUT2D eigenvalue weighted by molar-refractivity contribution is -0.134. The molecule has 0 unspecified atom stereocenters. The van der Waals surface area contributed by atoms with E-state index in [0.717, 1.165) is 19.3 Å². The minimum absolute atomic E-state index is 0.00753. The molecule has 0 aromatic heterocycles. The van der Waals surface area contributed by atoms with Crippen LogP contribution in [0.15, 0.2) is 24.3 Å². The van der Waals surface area contributed by atoms with Crippen LogP contribution in [0, 0.1) is 11.8 Å². The average molecular weight is 416 g/mol. The van der Waals surface area contributed by atoms with Crippen molar-refractivity contribution in [2.24, 2.45) is 11.8 Å². The normalized spacial score (nSPS) is 19.0. The molecule has 1 aromatic carbocycles. The lowest BCUT2D eigenvalue weighted by atomic mass is 9.88. The molecule has 30 heavy (non-hydrogen) atoms. The molecule has 2 fully saturated rings. The Morgan fingerprint density at radius 1 is 1.13 bits per heavy atom. The highest BCUT2D eigenvalue weighted by Crippen LogP contribution is 2.33. The maximum Gasteiger partial charge on any atom is 0.252 e. The van der Waals surface area contributed by atoms with Crippen LogP contribution in [-0.2, 0) is 9.59 Å². The summed E-state index contributed by atoms with van der Waals surface area (Å²) < 4.78 is 5.20. The van der Waals surface area contributed by atoms with E-state index in [-0.39, 0.29) is 35.6 Å². The highest BCUT2D eigenvalue weighted by Gasteiger charge is 2.38. The first-order valence-corrected chi connectivity index (χ1v) is 11.0. The van der Waals surface area contributed by atoms with Gasteiger partial charge in [-0.3, -0.25) is 14.4 Å². The van der Waals surface area contributed by atoms with Crippen molar-refractivity contribution in [1.82, 2.24) is 15.5 Å². The number of hydrogen-bond acceptors (Lipinski definition) is 4. The molecule has 2 aliphatic rings. The molecule has 1 aromatic rings. The van der Waals surface area contributed by atoms with Crippen LogP contribution in [0.3, 0.4) is 0 Å². The van der Waals surface area contributed by atoms with Gasteiger partial charge in [0.2, 0.25) is 11.8 Å². The molecule has 1 saturated carbocycles. The van der Waals surface area contributed by atoms with Gasteiger partial charge in [0.05, 0.1) is 7.11 Å². The summed E-state index contributed by atoms with van der Waals surface area (Å²) in [5, 5.41) is 5.96. The van der Waals surface area contributed by atoms with Crippen LogP contribution in [0.25, 0.3) is 0 Å². The molecular formula is C23H33N3O4. The highest BCUT2D eigenvalue weighted by molar-refractivity contribution is 5.98. The van der Waals surface area contributed by atoms with Crippen molar-refractivity contribution in [3.8, 4) is 5.75 Å². The number of likely N-dealkylation sites (tertiary alicyclic amines) is 1. The minimum Gasteiger partial charge on any atom is -0.497 e. The van der Waals surface area contributed by atoms with E-state index in [1.807, 2.05) is 18.7 Å². The zero-order valence-corrected chi connectivity index (χ0v) is 18.1. The summed E-state index contributed by atoms with van der Waals surface area (Å²) in [6, 6.07) is 6.30. The highest BCUT2D eigenvalue weighted by atomic mass is 16.5. The first-order chi connectivity index (χ1) is 14.4. The maximum atomic E-state index is 13.0. The van der Waals surface area contributed by atoms with Crippen molar-refractivity contribution in [2.75, 3.05) is 20.2 Å². The molecule has 164 valence electrons. The average Bonchev–Trinajstić information content (AvgIpc) is 3.62. The zero-order chi connectivity index (χ0) is 21.7. The smallest absolute Gasteiger partial charge is 0.252 e. The van der Waals surface area contributed by atoms with Gasteiger partial charge in [0.25, 0.3) is 5.91 Å². The third-order valence-electron chi connectivity index (χ3n) is 6.15. The fourth-order valence-electron chi connectivity index (χ4n) is 3.86. The van der Waals surface area contributed by atoms with E-state index in [2.05, 4.69) is 10.6 Å². The third kappa shape index (κ3) is 5.52. The number of nitrogens with zero attached hydrogens (tertiary/aromatic N) is 1. The van der Waals surface area contributed by atoms with E-state index in [1.165, 1.54) is 0 Å². The van der Waals surface area contributed by atoms with Gasteiger partial charge in [-0.05, 0) is 63.1 Å². The van der Waals surface area contributed by atoms with Gasteiger partial charge in [-0.25, -0.2) is 0 Å². The number of amides is 3. The van der Waals surface area contributed by atoms with Crippen molar-refractivity contribution in [3.63, 3.8) is 0 Å². The first-order valence-electron chi connectivity index (χ1n) is 11.0. The van der Waals surface area contributed by atoms with E-state index in [1.54, 1.807) is 31.4 Å². The molecule has 7 heteroatoms. The summed E-state index contributed by atoms with van der Waals surface area (Å²) in [6.07, 6.45) is 4.21. The number of nitrogens with one attached hydrogen (secondary N) is 2. The Morgan fingerprint density at radius 2 is 1.83 bits per heavy atom. The Bertz CT molecular complexity index is 769. The zero-order valence-electron chi connectivity index (χ0n) is 18.1. The molecule has 0 bridgehead atoms. The molecule has 2 N–H and O–H groups in total. The number of hydrogen-bond donors (Lipinski definition) is 2. The lowest BCUT2D eigenvalue weighted by Gasteiger charge is -2.36. The summed E-state index contributed by atoms with van der Waals surface area (Å²) in [5.41, 5.74) is 0.456. The van der Waals surface area contributed by atoms with Crippen molar-refractivity contribution >= 4 is 17.7 Å². The second-order valence-corrected chi connectivity index (χ2v) is 8.44. The SMILES string of the molecule is CC[C@@H](C)NC(=O)[C@@H](NC(=O)c1cccc(OC)c1)C1CCN(C(=O)C2CC2)CC1. The second kappa shape index (κ2) is 9.96. The monoisotopic (exact) mass is 415 g/mol. The number of ether oxygens (including phenoxy) is 1. The fourth-order valence-corrected chi connectivity index (χ4v) is 3.86. The van der Waals surface area contributed by atoms with Gasteiger partial charge in [0, 0.05) is 30.6 Å². The summed E-state index contributed by atoms with van der Waals surface area (Å²) in [5.74, 6) is 0.581. The molecule has 1 aliphatic heterocycles. The van der Waals surface area contributed by atoms with Gasteiger partial charge >= 0.3 is 0 Å². The Labute approximate surface area is 178 Å². The molecule has 3 rings (SSSR count). The summed E-state index contributed by atoms with van der Waals surface area (Å²) in [6.45, 7) is 5.25.